The van der Waals surface area contributed by atoms with Crippen molar-refractivity contribution < 1.29 is 0 Å². The van der Waals surface area contributed by atoms with Gasteiger partial charge >= 0.3 is 0 Å². The molecule has 1 saturated heterocycles. The van der Waals surface area contributed by atoms with Crippen LogP contribution >= 0.6 is 11.8 Å². The van der Waals surface area contributed by atoms with Crippen LogP contribution in [0.1, 0.15) is 6.92 Å². The minimum atomic E-state index is 0.699. The monoisotopic (exact) mass is 209 g/mol. The normalized spacial score (nSPS) is 22.4. The van der Waals surface area contributed by atoms with Crippen LogP contribution in [0, 0.1) is 0 Å². The third-order valence-corrected chi connectivity index (χ3v) is 3.49. The highest BCUT2D eigenvalue weighted by molar-refractivity contribution is 8.00. The fourth-order valence-corrected chi connectivity index (χ4v) is 2.68. The van der Waals surface area contributed by atoms with E-state index >= 15 is 0 Å². The predicted octanol–water partition coefficient (Wildman–Crippen LogP) is 1.61. The Morgan fingerprint density at radius 1 is 1.57 bits per heavy atom. The molecular weight excluding hydrogens is 194 g/mol. The van der Waals surface area contributed by atoms with Gasteiger partial charge in [0.1, 0.15) is 0 Å². The van der Waals surface area contributed by atoms with Crippen molar-refractivity contribution in [1.29, 1.82) is 0 Å². The number of hydrogen-bond acceptors (Lipinski definition) is 4. The van der Waals surface area contributed by atoms with Gasteiger partial charge in [-0.2, -0.15) is 11.8 Å². The van der Waals surface area contributed by atoms with Crippen LogP contribution in [0.4, 0.5) is 11.4 Å². The molecule has 1 aromatic rings. The number of rotatable bonds is 1. The first kappa shape index (κ1) is 9.65. The SMILES string of the molecule is CC1CN(c2cncc(N)c2)CCS1. The second-order valence-electron chi connectivity index (χ2n) is 3.60. The van der Waals surface area contributed by atoms with Gasteiger partial charge in [-0.15, -0.1) is 0 Å². The molecule has 1 atom stereocenters. The number of aromatic nitrogens is 1. The summed E-state index contributed by atoms with van der Waals surface area (Å²) in [5.74, 6) is 1.19. The Bertz CT molecular complexity index is 316. The molecule has 14 heavy (non-hydrogen) atoms. The lowest BCUT2D eigenvalue weighted by Crippen LogP contribution is -2.36. The second-order valence-corrected chi connectivity index (χ2v) is 5.15. The van der Waals surface area contributed by atoms with Crippen LogP contribution in [-0.2, 0) is 0 Å². The van der Waals surface area contributed by atoms with E-state index in [9.17, 15) is 0 Å². The molecule has 0 spiro atoms. The quantitative estimate of drug-likeness (QED) is 0.763. The summed E-state index contributed by atoms with van der Waals surface area (Å²) in [5, 5.41) is 0.699. The van der Waals surface area contributed by atoms with Crippen molar-refractivity contribution in [2.75, 3.05) is 29.5 Å². The van der Waals surface area contributed by atoms with Crippen LogP contribution in [0.5, 0.6) is 0 Å². The summed E-state index contributed by atoms with van der Waals surface area (Å²) in [6.07, 6.45) is 3.57. The zero-order valence-electron chi connectivity index (χ0n) is 8.31. The molecule has 1 aromatic heterocycles. The van der Waals surface area contributed by atoms with E-state index in [0.29, 0.717) is 5.25 Å². The average Bonchev–Trinajstić information content (AvgIpc) is 2.18. The van der Waals surface area contributed by atoms with E-state index in [2.05, 4.69) is 16.8 Å². The number of thioether (sulfide) groups is 1. The smallest absolute Gasteiger partial charge is 0.0574 e. The van der Waals surface area contributed by atoms with Gasteiger partial charge in [-0.1, -0.05) is 6.92 Å². The van der Waals surface area contributed by atoms with Gasteiger partial charge < -0.3 is 10.6 Å². The van der Waals surface area contributed by atoms with Crippen molar-refractivity contribution in [3.05, 3.63) is 18.5 Å². The van der Waals surface area contributed by atoms with Crippen molar-refractivity contribution in [3.63, 3.8) is 0 Å². The summed E-state index contributed by atoms with van der Waals surface area (Å²) in [6, 6.07) is 2.00. The molecule has 0 aliphatic carbocycles. The van der Waals surface area contributed by atoms with Crippen LogP contribution in [0.3, 0.4) is 0 Å². The molecule has 1 unspecified atom stereocenters. The van der Waals surface area contributed by atoms with Crippen molar-refractivity contribution >= 4 is 23.1 Å². The molecule has 0 bridgehead atoms. The lowest BCUT2D eigenvalue weighted by atomic mass is 10.3. The molecule has 3 nitrogen and oxygen atoms in total. The third-order valence-electron chi connectivity index (χ3n) is 2.35. The highest BCUT2D eigenvalue weighted by Crippen LogP contribution is 2.23. The van der Waals surface area contributed by atoms with Crippen LogP contribution in [0.25, 0.3) is 0 Å². The van der Waals surface area contributed by atoms with Gasteiger partial charge in [-0.3, -0.25) is 4.98 Å². The maximum absolute atomic E-state index is 5.71. The molecule has 0 amide bonds. The van der Waals surface area contributed by atoms with Crippen molar-refractivity contribution in [3.8, 4) is 0 Å². The first-order chi connectivity index (χ1) is 6.75. The molecule has 0 saturated carbocycles. The fraction of sp³-hybridized carbons (Fsp3) is 0.500. The van der Waals surface area contributed by atoms with Gasteiger partial charge in [0.05, 0.1) is 17.6 Å². The minimum Gasteiger partial charge on any atom is -0.397 e. The van der Waals surface area contributed by atoms with Crippen LogP contribution in [-0.4, -0.2) is 29.1 Å². The summed E-state index contributed by atoms with van der Waals surface area (Å²) in [4.78, 5) is 6.46. The number of nitrogens with two attached hydrogens (primary N) is 1. The van der Waals surface area contributed by atoms with E-state index in [1.54, 1.807) is 6.20 Å². The maximum atomic E-state index is 5.71. The molecule has 1 fully saturated rings. The first-order valence-electron chi connectivity index (χ1n) is 4.83. The summed E-state index contributed by atoms with van der Waals surface area (Å²) < 4.78 is 0. The highest BCUT2D eigenvalue weighted by atomic mass is 32.2. The second kappa shape index (κ2) is 4.09. The predicted molar refractivity (Wildman–Crippen MR) is 62.8 cm³/mol. The van der Waals surface area contributed by atoms with Crippen LogP contribution < -0.4 is 10.6 Å². The summed E-state index contributed by atoms with van der Waals surface area (Å²) in [7, 11) is 0. The molecule has 0 aromatic carbocycles. The Morgan fingerprint density at radius 2 is 2.43 bits per heavy atom. The Hall–Kier alpha value is -0.900. The van der Waals surface area contributed by atoms with Crippen LogP contribution in [0.15, 0.2) is 18.5 Å². The topological polar surface area (TPSA) is 42.2 Å². The molecule has 1 aliphatic rings. The summed E-state index contributed by atoms with van der Waals surface area (Å²) in [6.45, 7) is 4.45. The summed E-state index contributed by atoms with van der Waals surface area (Å²) >= 11 is 2.03. The zero-order chi connectivity index (χ0) is 9.97. The molecule has 2 rings (SSSR count). The van der Waals surface area contributed by atoms with E-state index in [1.165, 1.54) is 5.75 Å². The largest absolute Gasteiger partial charge is 0.397 e. The zero-order valence-corrected chi connectivity index (χ0v) is 9.13. The maximum Gasteiger partial charge on any atom is 0.0574 e. The highest BCUT2D eigenvalue weighted by Gasteiger charge is 2.16. The Labute approximate surface area is 88.7 Å². The van der Waals surface area contributed by atoms with E-state index in [4.69, 9.17) is 5.73 Å². The number of nitrogens with zero attached hydrogens (tertiary/aromatic N) is 2. The van der Waals surface area contributed by atoms with Gasteiger partial charge in [0.2, 0.25) is 0 Å². The van der Waals surface area contributed by atoms with Gasteiger partial charge in [0.25, 0.3) is 0 Å². The standard InChI is InChI=1S/C10H15N3S/c1-8-7-13(2-3-14-8)10-4-9(11)5-12-6-10/h4-6,8H,2-3,7,11H2,1H3. The van der Waals surface area contributed by atoms with Crippen LogP contribution in [0.2, 0.25) is 0 Å². The number of anilines is 2. The van der Waals surface area contributed by atoms with Crippen molar-refractivity contribution in [1.82, 2.24) is 4.98 Å². The number of hydrogen-bond donors (Lipinski definition) is 1. The Morgan fingerprint density at radius 3 is 3.14 bits per heavy atom. The van der Waals surface area contributed by atoms with Crippen molar-refractivity contribution in [2.24, 2.45) is 0 Å². The fourth-order valence-electron chi connectivity index (χ4n) is 1.67. The molecule has 0 radical (unpaired) electrons. The van der Waals surface area contributed by atoms with E-state index in [0.717, 1.165) is 24.5 Å². The molecule has 2 heterocycles. The summed E-state index contributed by atoms with van der Waals surface area (Å²) in [5.41, 5.74) is 7.60. The molecule has 1 aliphatic heterocycles. The average molecular weight is 209 g/mol. The van der Waals surface area contributed by atoms with E-state index in [-0.39, 0.29) is 0 Å². The molecule has 2 N–H and O–H groups in total. The van der Waals surface area contributed by atoms with Gasteiger partial charge in [0.15, 0.2) is 0 Å². The van der Waals surface area contributed by atoms with Gasteiger partial charge in [0, 0.05) is 30.3 Å². The first-order valence-corrected chi connectivity index (χ1v) is 5.87. The molecule has 4 heteroatoms. The van der Waals surface area contributed by atoms with E-state index in [1.807, 2.05) is 24.0 Å². The van der Waals surface area contributed by atoms with Gasteiger partial charge in [-0.25, -0.2) is 0 Å². The van der Waals surface area contributed by atoms with Crippen molar-refractivity contribution in [2.45, 2.75) is 12.2 Å². The number of pyridine rings is 1. The number of nitrogen functional groups attached to an aromatic ring is 1. The lowest BCUT2D eigenvalue weighted by Gasteiger charge is -2.32. The molecule has 76 valence electrons. The Kier molecular flexibility index (Phi) is 2.82. The van der Waals surface area contributed by atoms with E-state index < -0.39 is 0 Å². The van der Waals surface area contributed by atoms with Gasteiger partial charge in [-0.05, 0) is 6.07 Å². The Balaban J connectivity index is 2.14. The lowest BCUT2D eigenvalue weighted by molar-refractivity contribution is 0.781. The molecular formula is C10H15N3S. The third kappa shape index (κ3) is 2.12. The minimum absolute atomic E-state index is 0.699.